The van der Waals surface area contributed by atoms with Crippen LogP contribution in [-0.2, 0) is 14.3 Å². The number of rotatable bonds is 8. The summed E-state index contributed by atoms with van der Waals surface area (Å²) < 4.78 is 5.26. The molecule has 3 nitrogen and oxygen atoms in total. The Bertz CT molecular complexity index is 252. The summed E-state index contributed by atoms with van der Waals surface area (Å²) >= 11 is 0. The SMILES string of the molecule is CCCOC/C=C/CC(C)(C(C)=O)C(C)=O. The number of carbonyl (C=O) groups excluding carboxylic acids is 2. The summed E-state index contributed by atoms with van der Waals surface area (Å²) in [5, 5.41) is 0. The van der Waals surface area contributed by atoms with Gasteiger partial charge in [0.05, 0.1) is 12.0 Å². The van der Waals surface area contributed by atoms with Crippen LogP contribution in [-0.4, -0.2) is 24.8 Å². The van der Waals surface area contributed by atoms with E-state index >= 15 is 0 Å². The van der Waals surface area contributed by atoms with Crippen molar-refractivity contribution in [1.82, 2.24) is 0 Å². The predicted molar refractivity (Wildman–Crippen MR) is 64.3 cm³/mol. The first-order valence-electron chi connectivity index (χ1n) is 5.70. The fourth-order valence-electron chi connectivity index (χ4n) is 1.22. The topological polar surface area (TPSA) is 43.4 Å². The molecule has 0 aliphatic rings. The molecule has 0 saturated carbocycles. The average molecular weight is 226 g/mol. The highest BCUT2D eigenvalue weighted by atomic mass is 16.5. The lowest BCUT2D eigenvalue weighted by Gasteiger charge is -2.21. The summed E-state index contributed by atoms with van der Waals surface area (Å²) in [7, 11) is 0. The standard InChI is InChI=1S/C13H22O3/c1-5-9-16-10-7-6-8-13(4,11(2)14)12(3)15/h6-7H,5,8-10H2,1-4H3/b7-6+. The van der Waals surface area contributed by atoms with Gasteiger partial charge >= 0.3 is 0 Å². The first kappa shape index (κ1) is 15.0. The molecule has 0 amide bonds. The molecule has 92 valence electrons. The minimum absolute atomic E-state index is 0.0841. The monoisotopic (exact) mass is 226 g/mol. The van der Waals surface area contributed by atoms with Gasteiger partial charge in [-0.1, -0.05) is 19.1 Å². The van der Waals surface area contributed by atoms with Gasteiger partial charge in [-0.05, 0) is 33.6 Å². The number of allylic oxidation sites excluding steroid dienone is 1. The molecule has 0 aliphatic heterocycles. The van der Waals surface area contributed by atoms with Crippen LogP contribution >= 0.6 is 0 Å². The Morgan fingerprint density at radius 2 is 1.75 bits per heavy atom. The first-order chi connectivity index (χ1) is 7.45. The molecule has 0 aliphatic carbocycles. The average Bonchev–Trinajstić information content (AvgIpc) is 2.22. The molecule has 0 spiro atoms. The number of carbonyl (C=O) groups is 2. The first-order valence-corrected chi connectivity index (χ1v) is 5.70. The van der Waals surface area contributed by atoms with Gasteiger partial charge < -0.3 is 4.74 Å². The summed E-state index contributed by atoms with van der Waals surface area (Å²) in [6.07, 6.45) is 5.15. The highest BCUT2D eigenvalue weighted by molar-refractivity contribution is 6.04. The van der Waals surface area contributed by atoms with Gasteiger partial charge in [0.15, 0.2) is 0 Å². The number of Topliss-reactive ketones (excluding diaryl/α,β-unsaturated/α-hetero) is 2. The normalized spacial score (nSPS) is 12.0. The summed E-state index contributed by atoms with van der Waals surface area (Å²) in [4.78, 5) is 22.8. The fraction of sp³-hybridized carbons (Fsp3) is 0.692. The molecular formula is C13H22O3. The van der Waals surface area contributed by atoms with Crippen molar-refractivity contribution in [2.45, 2.75) is 40.5 Å². The van der Waals surface area contributed by atoms with E-state index in [2.05, 4.69) is 0 Å². The van der Waals surface area contributed by atoms with Crippen molar-refractivity contribution >= 4 is 11.6 Å². The molecule has 0 saturated heterocycles. The Labute approximate surface area is 97.9 Å². The second-order valence-electron chi connectivity index (χ2n) is 4.19. The maximum atomic E-state index is 11.4. The second-order valence-corrected chi connectivity index (χ2v) is 4.19. The lowest BCUT2D eigenvalue weighted by Crippen LogP contribution is -2.32. The Kier molecular flexibility index (Phi) is 6.90. The second kappa shape index (κ2) is 7.34. The van der Waals surface area contributed by atoms with Gasteiger partial charge in [-0.2, -0.15) is 0 Å². The van der Waals surface area contributed by atoms with E-state index in [1.165, 1.54) is 13.8 Å². The quantitative estimate of drug-likeness (QED) is 0.363. The Balaban J connectivity index is 4.14. The molecule has 3 heteroatoms. The van der Waals surface area contributed by atoms with Crippen molar-refractivity contribution in [3.63, 3.8) is 0 Å². The van der Waals surface area contributed by atoms with Crippen molar-refractivity contribution in [3.8, 4) is 0 Å². The van der Waals surface area contributed by atoms with Crippen LogP contribution in [0, 0.1) is 5.41 Å². The van der Waals surface area contributed by atoms with Gasteiger partial charge in [0.25, 0.3) is 0 Å². The molecule has 16 heavy (non-hydrogen) atoms. The minimum atomic E-state index is -0.874. The fourth-order valence-corrected chi connectivity index (χ4v) is 1.22. The highest BCUT2D eigenvalue weighted by Crippen LogP contribution is 2.24. The molecule has 0 aromatic rings. The third-order valence-electron chi connectivity index (χ3n) is 2.81. The lowest BCUT2D eigenvalue weighted by atomic mass is 9.79. The molecule has 0 aromatic heterocycles. The minimum Gasteiger partial charge on any atom is -0.377 e. The number of hydrogen-bond donors (Lipinski definition) is 0. The molecule has 0 bridgehead atoms. The Morgan fingerprint density at radius 1 is 1.19 bits per heavy atom. The van der Waals surface area contributed by atoms with Crippen LogP contribution in [0.25, 0.3) is 0 Å². The summed E-state index contributed by atoms with van der Waals surface area (Å²) in [6, 6.07) is 0. The molecule has 0 aromatic carbocycles. The third-order valence-corrected chi connectivity index (χ3v) is 2.81. The van der Waals surface area contributed by atoms with Crippen molar-refractivity contribution in [2.75, 3.05) is 13.2 Å². The zero-order valence-electron chi connectivity index (χ0n) is 10.7. The molecule has 0 radical (unpaired) electrons. The van der Waals surface area contributed by atoms with E-state index in [9.17, 15) is 9.59 Å². The van der Waals surface area contributed by atoms with Crippen molar-refractivity contribution in [2.24, 2.45) is 5.41 Å². The van der Waals surface area contributed by atoms with Crippen molar-refractivity contribution in [3.05, 3.63) is 12.2 Å². The van der Waals surface area contributed by atoms with Crippen LogP contribution in [0.1, 0.15) is 40.5 Å². The van der Waals surface area contributed by atoms with Gasteiger partial charge in [0.1, 0.15) is 11.6 Å². The van der Waals surface area contributed by atoms with Crippen LogP contribution in [0.15, 0.2) is 12.2 Å². The molecule has 0 atom stereocenters. The van der Waals surface area contributed by atoms with Crippen LogP contribution in [0.5, 0.6) is 0 Å². The Morgan fingerprint density at radius 3 is 2.19 bits per heavy atom. The van der Waals surface area contributed by atoms with Gasteiger partial charge in [0, 0.05) is 6.61 Å². The van der Waals surface area contributed by atoms with E-state index in [4.69, 9.17) is 4.74 Å². The number of ketones is 2. The van der Waals surface area contributed by atoms with Crippen molar-refractivity contribution in [1.29, 1.82) is 0 Å². The smallest absolute Gasteiger partial charge is 0.143 e. The largest absolute Gasteiger partial charge is 0.377 e. The van der Waals surface area contributed by atoms with E-state index in [1.54, 1.807) is 6.92 Å². The summed E-state index contributed by atoms with van der Waals surface area (Å²) in [5.74, 6) is -0.168. The molecule has 0 fully saturated rings. The molecule has 0 rings (SSSR count). The van der Waals surface area contributed by atoms with Crippen LogP contribution in [0.3, 0.4) is 0 Å². The van der Waals surface area contributed by atoms with E-state index < -0.39 is 5.41 Å². The molecule has 0 unspecified atom stereocenters. The number of hydrogen-bond acceptors (Lipinski definition) is 3. The lowest BCUT2D eigenvalue weighted by molar-refractivity contribution is -0.137. The Hall–Kier alpha value is -0.960. The third kappa shape index (κ3) is 4.71. The van der Waals surface area contributed by atoms with E-state index in [0.29, 0.717) is 13.0 Å². The van der Waals surface area contributed by atoms with Crippen molar-refractivity contribution < 1.29 is 14.3 Å². The summed E-state index contributed by atoms with van der Waals surface area (Å²) in [6.45, 7) is 7.94. The molecule has 0 heterocycles. The van der Waals surface area contributed by atoms with Crippen LogP contribution in [0.2, 0.25) is 0 Å². The highest BCUT2D eigenvalue weighted by Gasteiger charge is 2.33. The van der Waals surface area contributed by atoms with E-state index in [1.807, 2.05) is 19.1 Å². The van der Waals surface area contributed by atoms with Crippen LogP contribution in [0.4, 0.5) is 0 Å². The number of ether oxygens (including phenoxy) is 1. The van der Waals surface area contributed by atoms with E-state index in [-0.39, 0.29) is 11.6 Å². The van der Waals surface area contributed by atoms with Gasteiger partial charge in [-0.25, -0.2) is 0 Å². The summed E-state index contributed by atoms with van der Waals surface area (Å²) in [5.41, 5.74) is -0.874. The predicted octanol–water partition coefficient (Wildman–Crippen LogP) is 2.54. The zero-order chi connectivity index (χ0) is 12.6. The molecular weight excluding hydrogens is 204 g/mol. The van der Waals surface area contributed by atoms with E-state index in [0.717, 1.165) is 13.0 Å². The molecule has 0 N–H and O–H groups in total. The zero-order valence-corrected chi connectivity index (χ0v) is 10.7. The van der Waals surface area contributed by atoms with Gasteiger partial charge in [0.2, 0.25) is 0 Å². The maximum Gasteiger partial charge on any atom is 0.143 e. The maximum absolute atomic E-state index is 11.4. The van der Waals surface area contributed by atoms with Gasteiger partial charge in [-0.15, -0.1) is 0 Å². The van der Waals surface area contributed by atoms with Crippen LogP contribution < -0.4 is 0 Å². The van der Waals surface area contributed by atoms with Gasteiger partial charge in [-0.3, -0.25) is 9.59 Å².